The number of hydrogen-bond acceptors (Lipinski definition) is 5. The highest BCUT2D eigenvalue weighted by Gasteiger charge is 2.19. The van der Waals surface area contributed by atoms with Gasteiger partial charge >= 0.3 is 0 Å². The Hall–Kier alpha value is -1.87. The van der Waals surface area contributed by atoms with Crippen LogP contribution in [-0.2, 0) is 10.0 Å². The topological polar surface area (TPSA) is 105 Å². The van der Waals surface area contributed by atoms with Gasteiger partial charge in [-0.3, -0.25) is 9.40 Å². The largest absolute Gasteiger partial charge is 0.332 e. The second-order valence-electron chi connectivity index (χ2n) is 5.13. The van der Waals surface area contributed by atoms with Crippen LogP contribution in [0.3, 0.4) is 0 Å². The van der Waals surface area contributed by atoms with Crippen LogP contribution in [0.5, 0.6) is 0 Å². The van der Waals surface area contributed by atoms with Crippen molar-refractivity contribution in [2.24, 2.45) is 0 Å². The summed E-state index contributed by atoms with van der Waals surface area (Å²) in [5.41, 5.74) is 0.459. The third kappa shape index (κ3) is 3.08. The average Bonchev–Trinajstić information content (AvgIpc) is 3.09. The van der Waals surface area contributed by atoms with E-state index in [0.717, 1.165) is 25.9 Å². The number of aryl methyl sites for hydroxylation is 1. The molecule has 1 aliphatic rings. The van der Waals surface area contributed by atoms with Gasteiger partial charge in [-0.15, -0.1) is 0 Å². The van der Waals surface area contributed by atoms with Crippen LogP contribution in [0.15, 0.2) is 23.6 Å². The predicted molar refractivity (Wildman–Crippen MR) is 77.5 cm³/mol. The summed E-state index contributed by atoms with van der Waals surface area (Å²) in [6, 6.07) is 0.318. The molecular weight excluding hydrogens is 292 g/mol. The van der Waals surface area contributed by atoms with Gasteiger partial charge in [-0.2, -0.15) is 13.5 Å². The Morgan fingerprint density at radius 3 is 2.76 bits per heavy atom. The highest BCUT2D eigenvalue weighted by atomic mass is 32.2. The standard InChI is InChI=1S/C12H18N6O2S/c1-9-14-7-12(16-9)21(19,20)17-10-6-15-18(8-10)11-2-4-13-5-3-11/h6-8,11,13,17H,2-5H2,1H3,(H,14,16). The second kappa shape index (κ2) is 5.49. The van der Waals surface area contributed by atoms with Crippen LogP contribution in [-0.4, -0.2) is 41.3 Å². The van der Waals surface area contributed by atoms with Crippen molar-refractivity contribution < 1.29 is 8.42 Å². The van der Waals surface area contributed by atoms with E-state index in [9.17, 15) is 8.42 Å². The fraction of sp³-hybridized carbons (Fsp3) is 0.500. The Morgan fingerprint density at radius 2 is 2.10 bits per heavy atom. The Morgan fingerprint density at radius 1 is 1.33 bits per heavy atom. The van der Waals surface area contributed by atoms with Crippen molar-refractivity contribution >= 4 is 15.7 Å². The molecule has 9 heteroatoms. The van der Waals surface area contributed by atoms with Gasteiger partial charge in [-0.25, -0.2) is 4.98 Å². The smallest absolute Gasteiger partial charge is 0.279 e. The van der Waals surface area contributed by atoms with Crippen molar-refractivity contribution in [2.45, 2.75) is 30.8 Å². The SMILES string of the molecule is Cc1ncc(S(=O)(=O)Nc2cnn(C3CCNCC3)c2)[nH]1. The summed E-state index contributed by atoms with van der Waals surface area (Å²) in [5.74, 6) is 0.556. The number of piperidine rings is 1. The van der Waals surface area contributed by atoms with Crippen LogP contribution in [0, 0.1) is 6.92 Å². The Labute approximate surface area is 123 Å². The van der Waals surface area contributed by atoms with Gasteiger partial charge < -0.3 is 10.3 Å². The predicted octanol–water partition coefficient (Wildman–Crippen LogP) is 0.640. The molecule has 0 bridgehead atoms. The molecule has 21 heavy (non-hydrogen) atoms. The molecule has 0 spiro atoms. The van der Waals surface area contributed by atoms with Gasteiger partial charge in [0.05, 0.1) is 24.1 Å². The van der Waals surface area contributed by atoms with Gasteiger partial charge in [0.25, 0.3) is 10.0 Å². The van der Waals surface area contributed by atoms with Gasteiger partial charge in [0.2, 0.25) is 0 Å². The normalized spacial score (nSPS) is 17.0. The molecule has 1 fully saturated rings. The molecule has 1 aliphatic heterocycles. The summed E-state index contributed by atoms with van der Waals surface area (Å²) in [7, 11) is -3.64. The minimum Gasteiger partial charge on any atom is -0.332 e. The highest BCUT2D eigenvalue weighted by molar-refractivity contribution is 7.92. The average molecular weight is 310 g/mol. The molecule has 0 amide bonds. The molecule has 3 rings (SSSR count). The number of aromatic nitrogens is 4. The van der Waals surface area contributed by atoms with Crippen molar-refractivity contribution in [1.82, 2.24) is 25.1 Å². The number of hydrogen-bond donors (Lipinski definition) is 3. The molecule has 1 saturated heterocycles. The molecular formula is C12H18N6O2S. The zero-order valence-electron chi connectivity index (χ0n) is 11.7. The summed E-state index contributed by atoms with van der Waals surface area (Å²) >= 11 is 0. The van der Waals surface area contributed by atoms with Crippen LogP contribution in [0.4, 0.5) is 5.69 Å². The fourth-order valence-corrected chi connectivity index (χ4v) is 3.41. The Bertz CT molecular complexity index is 714. The van der Waals surface area contributed by atoms with Gasteiger partial charge in [-0.05, 0) is 32.9 Å². The lowest BCUT2D eigenvalue weighted by molar-refractivity contribution is 0.343. The number of nitrogens with zero attached hydrogens (tertiary/aromatic N) is 3. The maximum atomic E-state index is 12.2. The summed E-state index contributed by atoms with van der Waals surface area (Å²) in [5, 5.41) is 7.60. The lowest BCUT2D eigenvalue weighted by Gasteiger charge is -2.22. The van der Waals surface area contributed by atoms with Crippen LogP contribution < -0.4 is 10.0 Å². The first kappa shape index (κ1) is 14.1. The third-order valence-electron chi connectivity index (χ3n) is 3.51. The van der Waals surface area contributed by atoms with E-state index in [1.54, 1.807) is 13.1 Å². The molecule has 2 aromatic heterocycles. The number of H-pyrrole nitrogens is 1. The molecule has 3 N–H and O–H groups in total. The first-order valence-corrected chi connectivity index (χ1v) is 8.32. The lowest BCUT2D eigenvalue weighted by atomic mass is 10.1. The zero-order valence-corrected chi connectivity index (χ0v) is 12.5. The zero-order chi connectivity index (χ0) is 14.9. The van der Waals surface area contributed by atoms with E-state index >= 15 is 0 Å². The molecule has 0 atom stereocenters. The number of sulfonamides is 1. The summed E-state index contributed by atoms with van der Waals surface area (Å²) in [6.45, 7) is 3.62. The summed E-state index contributed by atoms with van der Waals surface area (Å²) in [6.07, 6.45) is 6.55. The maximum absolute atomic E-state index is 12.2. The van der Waals surface area contributed by atoms with Crippen LogP contribution in [0.2, 0.25) is 0 Å². The molecule has 0 radical (unpaired) electrons. The van der Waals surface area contributed by atoms with Crippen LogP contribution in [0.25, 0.3) is 0 Å². The molecule has 8 nitrogen and oxygen atoms in total. The minimum atomic E-state index is -3.64. The third-order valence-corrected chi connectivity index (χ3v) is 4.80. The summed E-state index contributed by atoms with van der Waals surface area (Å²) in [4.78, 5) is 6.61. The quantitative estimate of drug-likeness (QED) is 0.768. The maximum Gasteiger partial charge on any atom is 0.279 e. The van der Waals surface area contributed by atoms with Crippen molar-refractivity contribution in [1.29, 1.82) is 0 Å². The van der Waals surface area contributed by atoms with Crippen molar-refractivity contribution in [3.05, 3.63) is 24.4 Å². The van der Waals surface area contributed by atoms with Crippen LogP contribution >= 0.6 is 0 Å². The molecule has 0 unspecified atom stereocenters. The number of anilines is 1. The van der Waals surface area contributed by atoms with Crippen molar-refractivity contribution in [2.75, 3.05) is 17.8 Å². The lowest BCUT2D eigenvalue weighted by Crippen LogP contribution is -2.29. The van der Waals surface area contributed by atoms with E-state index < -0.39 is 10.0 Å². The molecule has 114 valence electrons. The van der Waals surface area contributed by atoms with E-state index in [1.807, 2.05) is 4.68 Å². The number of rotatable bonds is 4. The number of nitrogens with one attached hydrogen (secondary N) is 3. The van der Waals surface area contributed by atoms with E-state index in [4.69, 9.17) is 0 Å². The summed E-state index contributed by atoms with van der Waals surface area (Å²) < 4.78 is 28.7. The number of aromatic amines is 1. The van der Waals surface area contributed by atoms with Gasteiger partial charge in [0.1, 0.15) is 5.82 Å². The van der Waals surface area contributed by atoms with Crippen LogP contribution in [0.1, 0.15) is 24.7 Å². The van der Waals surface area contributed by atoms with Gasteiger partial charge in [-0.1, -0.05) is 0 Å². The number of imidazole rings is 1. The monoisotopic (exact) mass is 310 g/mol. The molecule has 3 heterocycles. The Balaban J connectivity index is 1.74. The highest BCUT2D eigenvalue weighted by Crippen LogP contribution is 2.20. The van der Waals surface area contributed by atoms with Crippen molar-refractivity contribution in [3.63, 3.8) is 0 Å². The van der Waals surface area contributed by atoms with Gasteiger partial charge in [0, 0.05) is 6.20 Å². The van der Waals surface area contributed by atoms with Crippen molar-refractivity contribution in [3.8, 4) is 0 Å². The molecule has 0 aliphatic carbocycles. The first-order chi connectivity index (χ1) is 10.0. The van der Waals surface area contributed by atoms with E-state index in [0.29, 0.717) is 17.6 Å². The first-order valence-electron chi connectivity index (χ1n) is 6.84. The molecule has 0 saturated carbocycles. The Kier molecular flexibility index (Phi) is 3.68. The van der Waals surface area contributed by atoms with E-state index in [2.05, 4.69) is 25.1 Å². The molecule has 2 aromatic rings. The van der Waals surface area contributed by atoms with E-state index in [1.165, 1.54) is 12.4 Å². The van der Waals surface area contributed by atoms with E-state index in [-0.39, 0.29) is 5.03 Å². The minimum absolute atomic E-state index is 0.0506. The second-order valence-corrected chi connectivity index (χ2v) is 6.78. The fourth-order valence-electron chi connectivity index (χ4n) is 2.41. The molecule has 0 aromatic carbocycles. The van der Waals surface area contributed by atoms with Gasteiger partial charge in [0.15, 0.2) is 5.03 Å².